The van der Waals surface area contributed by atoms with Crippen LogP contribution >= 0.6 is 0 Å². The van der Waals surface area contributed by atoms with Crippen molar-refractivity contribution in [1.82, 2.24) is 14.9 Å². The summed E-state index contributed by atoms with van der Waals surface area (Å²) in [4.78, 5) is 15.1. The predicted molar refractivity (Wildman–Crippen MR) is 125 cm³/mol. The molecule has 1 heterocycles. The van der Waals surface area contributed by atoms with E-state index < -0.39 is 24.7 Å². The number of aromatic nitrogens is 2. The van der Waals surface area contributed by atoms with Gasteiger partial charge in [-0.05, 0) is 43.9 Å². The third-order valence-corrected chi connectivity index (χ3v) is 5.17. The lowest BCUT2D eigenvalue weighted by Gasteiger charge is -2.28. The monoisotopic (exact) mass is 424 g/mol. The highest BCUT2D eigenvalue weighted by molar-refractivity contribution is 5.88. The van der Waals surface area contributed by atoms with Crippen molar-refractivity contribution in [2.45, 2.75) is 38.4 Å². The lowest BCUT2D eigenvalue weighted by atomic mass is 10.0. The van der Waals surface area contributed by atoms with Crippen LogP contribution in [0.1, 0.15) is 27.1 Å². The molecular formula is C25H29N3O3. The molecule has 1 aromatic heterocycles. The van der Waals surface area contributed by atoms with Gasteiger partial charge < -0.3 is 20.1 Å². The number of para-hydroxylation sites is 2. The molecule has 3 N–H and O–H groups in total. The standard InChI is InChI=1S/C25H29N3O3/c1-25(2,14-15-28-22-12-6-5-11-21(22)27-24(28)30)26-16-19(29)17-31-23-13-7-9-18-8-3-4-10-20(18)23/h3-13,19,26,29H,14-17H2,1-2H3,(H,27,30)/i16D2,17D2,19D. The zero-order valence-corrected chi connectivity index (χ0v) is 17.5. The molecule has 0 aliphatic carbocycles. The maximum absolute atomic E-state index is 12.4. The molecule has 1 unspecified atom stereocenters. The van der Waals surface area contributed by atoms with Crippen LogP contribution in [-0.2, 0) is 6.54 Å². The average Bonchev–Trinajstić information content (AvgIpc) is 3.12. The van der Waals surface area contributed by atoms with E-state index >= 15 is 0 Å². The van der Waals surface area contributed by atoms with Crippen LogP contribution in [0.2, 0.25) is 0 Å². The second kappa shape index (κ2) is 8.96. The fourth-order valence-electron chi connectivity index (χ4n) is 3.42. The van der Waals surface area contributed by atoms with E-state index in [1.165, 1.54) is 10.6 Å². The zero-order valence-electron chi connectivity index (χ0n) is 22.5. The van der Waals surface area contributed by atoms with Gasteiger partial charge in [-0.25, -0.2) is 4.79 Å². The molecule has 0 radical (unpaired) electrons. The number of β-amino-alcohol motifs (C(OH)–C–C–N with tert-alkyl or cyclic N) is 1. The summed E-state index contributed by atoms with van der Waals surface area (Å²) in [6, 6.07) is 19.3. The Morgan fingerprint density at radius 3 is 2.77 bits per heavy atom. The second-order valence-corrected chi connectivity index (χ2v) is 8.01. The van der Waals surface area contributed by atoms with Crippen molar-refractivity contribution >= 4 is 21.8 Å². The molecule has 0 spiro atoms. The Bertz CT molecular complexity index is 1440. The quantitative estimate of drug-likeness (QED) is 0.383. The molecule has 0 fully saturated rings. The molecule has 0 saturated carbocycles. The Kier molecular flexibility index (Phi) is 4.53. The van der Waals surface area contributed by atoms with Crippen molar-refractivity contribution in [1.29, 1.82) is 0 Å². The van der Waals surface area contributed by atoms with Gasteiger partial charge in [0.25, 0.3) is 0 Å². The number of benzene rings is 3. The number of rotatable bonds is 9. The number of fused-ring (bicyclic) bond motifs is 2. The fraction of sp³-hybridized carbons (Fsp3) is 0.320. The molecule has 0 saturated heterocycles. The Balaban J connectivity index is 1.53. The molecular weight excluding hydrogens is 390 g/mol. The van der Waals surface area contributed by atoms with Crippen molar-refractivity contribution in [3.05, 3.63) is 77.2 Å². The van der Waals surface area contributed by atoms with E-state index in [2.05, 4.69) is 10.3 Å². The summed E-state index contributed by atoms with van der Waals surface area (Å²) in [5, 5.41) is 14.8. The number of hydrogen-bond acceptors (Lipinski definition) is 4. The lowest BCUT2D eigenvalue weighted by molar-refractivity contribution is 0.0985. The SMILES string of the molecule is [2H]C([2H])(NC(C)(C)CCn1c(=O)[nH]c2ccccc21)C([2H])(O)C([2H])([2H])Oc1cccc2ccccc12. The molecule has 0 aliphatic heterocycles. The molecule has 3 aromatic carbocycles. The minimum atomic E-state index is -3.34. The van der Waals surface area contributed by atoms with E-state index in [1.807, 2.05) is 30.3 Å². The van der Waals surface area contributed by atoms with Crippen LogP contribution in [0, 0.1) is 0 Å². The van der Waals surface area contributed by atoms with Crippen LogP contribution in [-0.4, -0.2) is 39.3 Å². The first-order valence-corrected chi connectivity index (χ1v) is 10.1. The first-order valence-electron chi connectivity index (χ1n) is 12.6. The minimum absolute atomic E-state index is 0.0811. The summed E-state index contributed by atoms with van der Waals surface area (Å²) in [7, 11) is 0. The Labute approximate surface area is 188 Å². The first-order chi connectivity index (χ1) is 16.7. The molecule has 4 aromatic rings. The molecule has 4 rings (SSSR count). The normalized spacial score (nSPS) is 17.3. The number of aryl methyl sites for hydroxylation is 1. The van der Waals surface area contributed by atoms with Crippen LogP contribution in [0.4, 0.5) is 0 Å². The molecule has 1 atom stereocenters. The summed E-state index contributed by atoms with van der Waals surface area (Å²) >= 11 is 0. The summed E-state index contributed by atoms with van der Waals surface area (Å²) in [5.41, 5.74) is 0.0548. The highest BCUT2D eigenvalue weighted by atomic mass is 16.5. The van der Waals surface area contributed by atoms with Gasteiger partial charge in [-0.2, -0.15) is 0 Å². The van der Waals surface area contributed by atoms with Crippen molar-refractivity contribution in [2.24, 2.45) is 0 Å². The molecule has 31 heavy (non-hydrogen) atoms. The van der Waals surface area contributed by atoms with Gasteiger partial charge in [0.15, 0.2) is 0 Å². The lowest BCUT2D eigenvalue weighted by Crippen LogP contribution is -2.45. The Morgan fingerprint density at radius 1 is 1.16 bits per heavy atom. The number of aliphatic hydroxyl groups is 1. The van der Waals surface area contributed by atoms with E-state index in [-0.39, 0.29) is 24.4 Å². The minimum Gasteiger partial charge on any atom is -0.490 e. The highest BCUT2D eigenvalue weighted by Crippen LogP contribution is 2.25. The molecule has 0 amide bonds. The van der Waals surface area contributed by atoms with Crippen LogP contribution in [0.3, 0.4) is 0 Å². The topological polar surface area (TPSA) is 79.3 Å². The molecule has 0 aliphatic rings. The summed E-state index contributed by atoms with van der Waals surface area (Å²) < 4.78 is 48.8. The van der Waals surface area contributed by atoms with Crippen LogP contribution < -0.4 is 15.7 Å². The van der Waals surface area contributed by atoms with Crippen molar-refractivity contribution in [3.63, 3.8) is 0 Å². The van der Waals surface area contributed by atoms with Crippen LogP contribution in [0.25, 0.3) is 21.8 Å². The van der Waals surface area contributed by atoms with E-state index in [4.69, 9.17) is 11.6 Å². The number of nitrogens with one attached hydrogen (secondary N) is 2. The van der Waals surface area contributed by atoms with Gasteiger partial charge in [0, 0.05) is 26.7 Å². The second-order valence-electron chi connectivity index (χ2n) is 8.01. The largest absolute Gasteiger partial charge is 0.490 e. The third-order valence-electron chi connectivity index (χ3n) is 5.17. The maximum atomic E-state index is 12.4. The van der Waals surface area contributed by atoms with E-state index in [1.54, 1.807) is 44.2 Å². The summed E-state index contributed by atoms with van der Waals surface area (Å²) in [5.74, 6) is 0.0811. The molecule has 6 heteroatoms. The summed E-state index contributed by atoms with van der Waals surface area (Å²) in [6.45, 7) is -2.52. The maximum Gasteiger partial charge on any atom is 0.326 e. The fourth-order valence-corrected chi connectivity index (χ4v) is 3.42. The number of nitrogens with zero attached hydrogens (tertiary/aromatic N) is 1. The van der Waals surface area contributed by atoms with Gasteiger partial charge in [0.1, 0.15) is 18.4 Å². The van der Waals surface area contributed by atoms with Gasteiger partial charge in [0.2, 0.25) is 0 Å². The van der Waals surface area contributed by atoms with Crippen molar-refractivity contribution in [2.75, 3.05) is 13.1 Å². The van der Waals surface area contributed by atoms with Crippen molar-refractivity contribution < 1.29 is 16.7 Å². The third kappa shape index (κ3) is 4.98. The van der Waals surface area contributed by atoms with Gasteiger partial charge in [0.05, 0.1) is 15.1 Å². The number of imidazole rings is 1. The highest BCUT2D eigenvalue weighted by Gasteiger charge is 2.20. The van der Waals surface area contributed by atoms with E-state index in [9.17, 15) is 9.90 Å². The first kappa shape index (κ1) is 15.7. The average molecular weight is 425 g/mol. The van der Waals surface area contributed by atoms with Gasteiger partial charge in [-0.1, -0.05) is 48.5 Å². The number of hydrogen-bond donors (Lipinski definition) is 3. The van der Waals surface area contributed by atoms with Crippen LogP contribution in [0.5, 0.6) is 5.75 Å². The van der Waals surface area contributed by atoms with Gasteiger partial charge in [-0.15, -0.1) is 0 Å². The number of ether oxygens (including phenoxy) is 1. The molecule has 0 bridgehead atoms. The van der Waals surface area contributed by atoms with E-state index in [0.717, 1.165) is 5.39 Å². The van der Waals surface area contributed by atoms with Crippen molar-refractivity contribution in [3.8, 4) is 5.75 Å². The number of aromatic amines is 1. The van der Waals surface area contributed by atoms with Crippen LogP contribution in [0.15, 0.2) is 71.5 Å². The predicted octanol–water partition coefficient (Wildman–Crippen LogP) is 3.68. The molecule has 162 valence electrons. The number of H-pyrrole nitrogens is 1. The Morgan fingerprint density at radius 2 is 1.90 bits per heavy atom. The smallest absolute Gasteiger partial charge is 0.326 e. The summed E-state index contributed by atoms with van der Waals surface area (Å²) in [6.07, 6.45) is -3.09. The van der Waals surface area contributed by atoms with E-state index in [0.29, 0.717) is 16.4 Å². The van der Waals surface area contributed by atoms with Gasteiger partial charge in [-0.3, -0.25) is 4.57 Å². The molecule has 6 nitrogen and oxygen atoms in total. The zero-order chi connectivity index (χ0) is 26.4. The Hall–Kier alpha value is -3.09. The van der Waals surface area contributed by atoms with Gasteiger partial charge >= 0.3 is 5.69 Å².